The molecule has 0 atom stereocenters. The SMILES string of the molecule is COC(=O)c1c(CCCOC(C)=O)c2ccc(Cl)c(-c3c(C)nn(C45CC4C5)c3COCc3ccc(OC)cc3)c2n1C. The molecule has 0 aliphatic heterocycles. The fourth-order valence-corrected chi connectivity index (χ4v) is 6.57. The van der Waals surface area contributed by atoms with Crippen LogP contribution < -0.4 is 4.74 Å². The van der Waals surface area contributed by atoms with Crippen molar-refractivity contribution in [3.8, 4) is 16.9 Å². The molecule has 0 amide bonds. The Labute approximate surface area is 255 Å². The standard InChI is InChI=1S/C33H36ClN3O6/c1-19-28(27(37(35-19)33-15-22(33)16-33)18-42-17-21-8-10-23(40-4)11-9-21)29-26(34)13-12-25-24(7-6-14-43-20(2)38)31(32(39)41-5)36(3)30(25)29/h8-13,22H,6-7,14-18H2,1-5H3. The summed E-state index contributed by atoms with van der Waals surface area (Å²) >= 11 is 7.02. The van der Waals surface area contributed by atoms with E-state index in [1.165, 1.54) is 14.0 Å². The van der Waals surface area contributed by atoms with Gasteiger partial charge in [-0.2, -0.15) is 5.10 Å². The van der Waals surface area contributed by atoms with Gasteiger partial charge >= 0.3 is 11.9 Å². The molecular formula is C33H36ClN3O6. The molecule has 10 heteroatoms. The van der Waals surface area contributed by atoms with Crippen molar-refractivity contribution in [1.82, 2.24) is 14.3 Å². The third-order valence-electron chi connectivity index (χ3n) is 8.80. The lowest BCUT2D eigenvalue weighted by Crippen LogP contribution is -2.14. The minimum absolute atomic E-state index is 0.0788. The van der Waals surface area contributed by atoms with E-state index in [2.05, 4.69) is 4.68 Å². The van der Waals surface area contributed by atoms with Crippen molar-refractivity contribution in [2.75, 3.05) is 20.8 Å². The first-order valence-electron chi connectivity index (χ1n) is 14.5. The number of aryl methyl sites for hydroxylation is 3. The molecule has 2 fully saturated rings. The van der Waals surface area contributed by atoms with Crippen LogP contribution in [0.2, 0.25) is 5.02 Å². The maximum absolute atomic E-state index is 13.1. The topological polar surface area (TPSA) is 93.8 Å². The highest BCUT2D eigenvalue weighted by Crippen LogP contribution is 2.73. The van der Waals surface area contributed by atoms with E-state index >= 15 is 0 Å². The molecule has 2 aromatic heterocycles. The van der Waals surface area contributed by atoms with Crippen LogP contribution >= 0.6 is 11.6 Å². The number of methoxy groups -OCH3 is 2. The Morgan fingerprint density at radius 2 is 1.79 bits per heavy atom. The molecule has 0 spiro atoms. The van der Waals surface area contributed by atoms with E-state index in [0.717, 1.165) is 63.1 Å². The van der Waals surface area contributed by atoms with Crippen LogP contribution in [0.5, 0.6) is 5.75 Å². The van der Waals surface area contributed by atoms with Crippen LogP contribution in [0.25, 0.3) is 22.0 Å². The zero-order valence-corrected chi connectivity index (χ0v) is 25.9. The molecule has 9 nitrogen and oxygen atoms in total. The average Bonchev–Trinajstić information content (AvgIpc) is 3.82. The normalized spacial score (nSPS) is 18.4. The van der Waals surface area contributed by atoms with E-state index in [1.54, 1.807) is 7.11 Å². The predicted molar refractivity (Wildman–Crippen MR) is 162 cm³/mol. The lowest BCUT2D eigenvalue weighted by molar-refractivity contribution is -0.141. The van der Waals surface area contributed by atoms with Crippen LogP contribution in [0.1, 0.15) is 59.2 Å². The number of ether oxygens (including phenoxy) is 4. The van der Waals surface area contributed by atoms with E-state index in [0.29, 0.717) is 42.7 Å². The molecule has 4 aromatic rings. The van der Waals surface area contributed by atoms with Crippen LogP contribution in [0.3, 0.4) is 0 Å². The summed E-state index contributed by atoms with van der Waals surface area (Å²) in [6.45, 7) is 4.45. The Balaban J connectivity index is 1.43. The number of fused-ring (bicyclic) bond motifs is 2. The Bertz CT molecular complexity index is 1720. The minimum atomic E-state index is -0.434. The summed E-state index contributed by atoms with van der Waals surface area (Å²) < 4.78 is 26.0. The second kappa shape index (κ2) is 11.4. The molecule has 2 heterocycles. The molecule has 43 heavy (non-hydrogen) atoms. The summed E-state index contributed by atoms with van der Waals surface area (Å²) in [5.74, 6) is 0.699. The number of carbonyl (C=O) groups excluding carboxylic acids is 2. The van der Waals surface area contributed by atoms with Crippen molar-refractivity contribution < 1.29 is 28.5 Å². The molecule has 0 saturated heterocycles. The van der Waals surface area contributed by atoms with Crippen LogP contribution in [-0.2, 0) is 51.2 Å². The molecule has 0 unspecified atom stereocenters. The zero-order chi connectivity index (χ0) is 30.5. The fourth-order valence-electron chi connectivity index (χ4n) is 6.32. The van der Waals surface area contributed by atoms with Crippen LogP contribution in [0.15, 0.2) is 36.4 Å². The number of halogens is 1. The quantitative estimate of drug-likeness (QED) is 0.142. The summed E-state index contributed by atoms with van der Waals surface area (Å²) in [6, 6.07) is 11.7. The molecule has 0 bridgehead atoms. The molecule has 0 radical (unpaired) electrons. The lowest BCUT2D eigenvalue weighted by atomic mass is 9.98. The van der Waals surface area contributed by atoms with Crippen LogP contribution in [0, 0.1) is 12.8 Å². The first-order chi connectivity index (χ1) is 20.7. The summed E-state index contributed by atoms with van der Waals surface area (Å²) in [5.41, 5.74) is 6.83. The van der Waals surface area contributed by atoms with Gasteiger partial charge in [0.15, 0.2) is 0 Å². The molecule has 2 aliphatic rings. The molecule has 2 saturated carbocycles. The van der Waals surface area contributed by atoms with Crippen molar-refractivity contribution in [2.45, 2.75) is 58.3 Å². The summed E-state index contributed by atoms with van der Waals surface area (Å²) in [7, 11) is 4.89. The highest BCUT2D eigenvalue weighted by molar-refractivity contribution is 6.35. The molecule has 2 aromatic carbocycles. The molecule has 2 aliphatic carbocycles. The molecular weight excluding hydrogens is 570 g/mol. The van der Waals surface area contributed by atoms with Gasteiger partial charge in [-0.05, 0) is 67.9 Å². The molecule has 6 rings (SSSR count). The molecule has 226 valence electrons. The Morgan fingerprint density at radius 1 is 1.07 bits per heavy atom. The number of benzene rings is 2. The first kappa shape index (κ1) is 29.3. The highest BCUT2D eigenvalue weighted by atomic mass is 35.5. The van der Waals surface area contributed by atoms with Crippen molar-refractivity contribution >= 4 is 34.4 Å². The van der Waals surface area contributed by atoms with E-state index in [-0.39, 0.29) is 18.1 Å². The first-order valence-corrected chi connectivity index (χ1v) is 14.9. The Kier molecular flexibility index (Phi) is 7.73. The maximum Gasteiger partial charge on any atom is 0.354 e. The second-order valence-corrected chi connectivity index (χ2v) is 11.9. The van der Waals surface area contributed by atoms with Crippen LogP contribution in [-0.4, -0.2) is 47.1 Å². The predicted octanol–water partition coefficient (Wildman–Crippen LogP) is 6.13. The number of carbonyl (C=O) groups is 2. The number of hydrogen-bond acceptors (Lipinski definition) is 7. The van der Waals surface area contributed by atoms with Gasteiger partial charge in [0, 0.05) is 30.5 Å². The Hall–Kier alpha value is -3.82. The minimum Gasteiger partial charge on any atom is -0.497 e. The number of esters is 2. The van der Waals surface area contributed by atoms with Crippen molar-refractivity contribution in [3.63, 3.8) is 0 Å². The average molecular weight is 606 g/mol. The van der Waals surface area contributed by atoms with Gasteiger partial charge in [0.05, 0.1) is 61.5 Å². The van der Waals surface area contributed by atoms with Gasteiger partial charge in [0.25, 0.3) is 0 Å². The van der Waals surface area contributed by atoms with Gasteiger partial charge in [0.1, 0.15) is 11.4 Å². The third kappa shape index (κ3) is 5.18. The van der Waals surface area contributed by atoms with E-state index in [1.807, 2.05) is 54.9 Å². The van der Waals surface area contributed by atoms with Gasteiger partial charge in [0.2, 0.25) is 0 Å². The van der Waals surface area contributed by atoms with Gasteiger partial charge in [-0.1, -0.05) is 29.8 Å². The summed E-state index contributed by atoms with van der Waals surface area (Å²) in [5, 5.41) is 6.52. The summed E-state index contributed by atoms with van der Waals surface area (Å²) in [6.07, 6.45) is 3.34. The largest absolute Gasteiger partial charge is 0.497 e. The van der Waals surface area contributed by atoms with E-state index < -0.39 is 5.97 Å². The van der Waals surface area contributed by atoms with Crippen molar-refractivity contribution in [1.29, 1.82) is 0 Å². The Morgan fingerprint density at radius 3 is 2.42 bits per heavy atom. The van der Waals surface area contributed by atoms with Crippen molar-refractivity contribution in [2.24, 2.45) is 13.0 Å². The van der Waals surface area contributed by atoms with Crippen molar-refractivity contribution in [3.05, 3.63) is 69.6 Å². The maximum atomic E-state index is 13.1. The number of aromatic nitrogens is 3. The summed E-state index contributed by atoms with van der Waals surface area (Å²) in [4.78, 5) is 24.4. The van der Waals surface area contributed by atoms with E-state index in [9.17, 15) is 9.59 Å². The molecule has 0 N–H and O–H groups in total. The fraction of sp³-hybridized carbons (Fsp3) is 0.424. The lowest BCUT2D eigenvalue weighted by Gasteiger charge is -2.15. The number of rotatable bonds is 12. The van der Waals surface area contributed by atoms with Gasteiger partial charge in [-0.3, -0.25) is 9.48 Å². The number of hydrogen-bond donors (Lipinski definition) is 0. The zero-order valence-electron chi connectivity index (χ0n) is 25.2. The smallest absolute Gasteiger partial charge is 0.354 e. The van der Waals surface area contributed by atoms with Gasteiger partial charge < -0.3 is 23.5 Å². The monoisotopic (exact) mass is 605 g/mol. The second-order valence-electron chi connectivity index (χ2n) is 11.5. The van der Waals surface area contributed by atoms with Gasteiger partial charge in [-0.15, -0.1) is 0 Å². The van der Waals surface area contributed by atoms with E-state index in [4.69, 9.17) is 35.6 Å². The highest BCUT2D eigenvalue weighted by Gasteiger charge is 2.72. The van der Waals surface area contributed by atoms with Gasteiger partial charge in [-0.25, -0.2) is 4.79 Å². The third-order valence-corrected chi connectivity index (χ3v) is 9.11. The number of nitrogens with zero attached hydrogens (tertiary/aromatic N) is 3. The van der Waals surface area contributed by atoms with Crippen LogP contribution in [0.4, 0.5) is 0 Å².